The van der Waals surface area contributed by atoms with Gasteiger partial charge in [-0.2, -0.15) is 13.2 Å². The Morgan fingerprint density at radius 1 is 1.14 bits per heavy atom. The van der Waals surface area contributed by atoms with Gasteiger partial charge in [-0.1, -0.05) is 40.5 Å². The van der Waals surface area contributed by atoms with Crippen molar-refractivity contribution < 1.29 is 18.4 Å². The first-order valence-corrected chi connectivity index (χ1v) is 6.29. The van der Waals surface area contributed by atoms with Gasteiger partial charge in [0.2, 0.25) is 0 Å². The van der Waals surface area contributed by atoms with Crippen LogP contribution in [0.1, 0.15) is 16.8 Å². The highest BCUT2D eigenvalue weighted by Crippen LogP contribution is 2.31. The van der Waals surface area contributed by atoms with E-state index in [2.05, 4.69) is 10.1 Å². The van der Waals surface area contributed by atoms with Crippen molar-refractivity contribution in [2.75, 3.05) is 0 Å². The fraction of sp³-hybridized carbons (Fsp3) is 0.0769. The molecule has 2 aromatic rings. The lowest BCUT2D eigenvalue weighted by Gasteiger charge is -2.10. The van der Waals surface area contributed by atoms with Crippen molar-refractivity contribution in [1.29, 1.82) is 0 Å². The molecular formula is C13H7Cl2F3N2O. The molecule has 0 unspecified atom stereocenters. The van der Waals surface area contributed by atoms with E-state index < -0.39 is 11.7 Å². The van der Waals surface area contributed by atoms with Gasteiger partial charge in [-0.25, -0.2) is 0 Å². The molecule has 2 rings (SSSR count). The summed E-state index contributed by atoms with van der Waals surface area (Å²) in [5, 5.41) is 12.3. The number of oxime groups is 1. The van der Waals surface area contributed by atoms with E-state index in [0.29, 0.717) is 16.8 Å². The molecule has 0 saturated heterocycles. The fourth-order valence-corrected chi connectivity index (χ4v) is 2.00. The maximum absolute atomic E-state index is 12.6. The van der Waals surface area contributed by atoms with Crippen LogP contribution in [-0.2, 0) is 6.18 Å². The average Bonchev–Trinajstić information content (AvgIpc) is 2.42. The number of alkyl halides is 3. The highest BCUT2D eigenvalue weighted by molar-refractivity contribution is 6.35. The van der Waals surface area contributed by atoms with E-state index in [0.717, 1.165) is 6.07 Å². The monoisotopic (exact) mass is 334 g/mol. The van der Waals surface area contributed by atoms with Crippen LogP contribution in [0.25, 0.3) is 0 Å². The lowest BCUT2D eigenvalue weighted by molar-refractivity contribution is -0.137. The molecule has 0 aliphatic heterocycles. The lowest BCUT2D eigenvalue weighted by atomic mass is 10.1. The van der Waals surface area contributed by atoms with Crippen molar-refractivity contribution in [3.8, 4) is 0 Å². The molecule has 0 radical (unpaired) electrons. The van der Waals surface area contributed by atoms with Gasteiger partial charge in [-0.15, -0.1) is 0 Å². The molecule has 0 spiro atoms. The molecule has 1 N–H and O–H groups in total. The predicted molar refractivity (Wildman–Crippen MR) is 73.1 cm³/mol. The molecule has 0 aliphatic rings. The van der Waals surface area contributed by atoms with Crippen molar-refractivity contribution in [3.63, 3.8) is 0 Å². The zero-order chi connectivity index (χ0) is 15.6. The van der Waals surface area contributed by atoms with Gasteiger partial charge < -0.3 is 5.21 Å². The Hall–Kier alpha value is -1.79. The average molecular weight is 335 g/mol. The maximum atomic E-state index is 12.6. The minimum Gasteiger partial charge on any atom is -0.410 e. The molecule has 1 aromatic carbocycles. The molecule has 1 aromatic heterocycles. The molecule has 0 atom stereocenters. The highest BCUT2D eigenvalue weighted by atomic mass is 35.5. The highest BCUT2D eigenvalue weighted by Gasteiger charge is 2.32. The number of hydrogen-bond donors (Lipinski definition) is 1. The smallest absolute Gasteiger partial charge is 0.410 e. The van der Waals surface area contributed by atoms with E-state index in [-0.39, 0.29) is 16.4 Å². The Kier molecular flexibility index (Phi) is 4.39. The minimum absolute atomic E-state index is 0.0506. The fourth-order valence-electron chi connectivity index (χ4n) is 1.62. The van der Waals surface area contributed by atoms with Crippen LogP contribution in [0.2, 0.25) is 10.0 Å². The Bertz CT molecular complexity index is 685. The number of halogens is 5. The molecule has 21 heavy (non-hydrogen) atoms. The van der Waals surface area contributed by atoms with Gasteiger partial charge in [0.15, 0.2) is 0 Å². The number of pyridine rings is 1. The summed E-state index contributed by atoms with van der Waals surface area (Å²) in [6.45, 7) is 0. The molecule has 110 valence electrons. The Morgan fingerprint density at radius 2 is 1.76 bits per heavy atom. The van der Waals surface area contributed by atoms with Crippen molar-refractivity contribution in [2.45, 2.75) is 6.18 Å². The summed E-state index contributed by atoms with van der Waals surface area (Å²) in [5.74, 6) is 0. The first-order valence-electron chi connectivity index (χ1n) is 5.54. The van der Waals surface area contributed by atoms with Crippen molar-refractivity contribution in [3.05, 3.63) is 63.4 Å². The summed E-state index contributed by atoms with van der Waals surface area (Å²) in [7, 11) is 0. The standard InChI is InChI=1S/C13H7Cl2F3N2O/c14-9-3-1-7(2-4-9)11(20-21)12-10(15)5-8(6-19-12)13(16,17)18/h1-6,21H/b20-11-. The number of benzene rings is 1. The molecule has 0 aliphatic carbocycles. The summed E-state index contributed by atoms with van der Waals surface area (Å²) in [6, 6.07) is 6.88. The van der Waals surface area contributed by atoms with Gasteiger partial charge in [0, 0.05) is 16.8 Å². The minimum atomic E-state index is -4.55. The van der Waals surface area contributed by atoms with Crippen LogP contribution in [0.4, 0.5) is 13.2 Å². The third kappa shape index (κ3) is 3.46. The number of rotatable bonds is 2. The summed E-state index contributed by atoms with van der Waals surface area (Å²) < 4.78 is 37.7. The van der Waals surface area contributed by atoms with Crippen LogP contribution in [0.5, 0.6) is 0 Å². The first-order chi connectivity index (χ1) is 9.82. The molecule has 0 bridgehead atoms. The molecular weight excluding hydrogens is 328 g/mol. The molecule has 0 fully saturated rings. The van der Waals surface area contributed by atoms with Crippen LogP contribution in [0, 0.1) is 0 Å². The van der Waals surface area contributed by atoms with Gasteiger partial charge in [0.1, 0.15) is 11.4 Å². The normalized spacial score (nSPS) is 12.5. The summed E-state index contributed by atoms with van der Waals surface area (Å²) in [5.41, 5.74) is -0.680. The SMILES string of the molecule is O/N=C(/c1ccc(Cl)cc1)c1ncc(C(F)(F)F)cc1Cl. The van der Waals surface area contributed by atoms with Crippen LogP contribution in [0.3, 0.4) is 0 Å². The Morgan fingerprint density at radius 3 is 2.24 bits per heavy atom. The van der Waals surface area contributed by atoms with Gasteiger partial charge in [0.05, 0.1) is 10.6 Å². The zero-order valence-corrected chi connectivity index (χ0v) is 11.7. The molecule has 3 nitrogen and oxygen atoms in total. The quantitative estimate of drug-likeness (QED) is 0.494. The second-order valence-corrected chi connectivity index (χ2v) is 4.85. The largest absolute Gasteiger partial charge is 0.417 e. The summed E-state index contributed by atoms with van der Waals surface area (Å²) in [4.78, 5) is 3.64. The van der Waals surface area contributed by atoms with E-state index >= 15 is 0 Å². The number of aromatic nitrogens is 1. The summed E-state index contributed by atoms with van der Waals surface area (Å²) in [6.07, 6.45) is -3.92. The number of hydrogen-bond acceptors (Lipinski definition) is 3. The second kappa shape index (κ2) is 5.91. The Labute approximate surface area is 127 Å². The summed E-state index contributed by atoms with van der Waals surface area (Å²) >= 11 is 11.5. The Balaban J connectivity index is 2.47. The van der Waals surface area contributed by atoms with Crippen LogP contribution in [-0.4, -0.2) is 15.9 Å². The van der Waals surface area contributed by atoms with Crippen molar-refractivity contribution in [1.82, 2.24) is 4.98 Å². The molecule has 8 heteroatoms. The molecule has 0 saturated carbocycles. The third-order valence-electron chi connectivity index (χ3n) is 2.61. The van der Waals surface area contributed by atoms with Gasteiger partial charge in [-0.3, -0.25) is 4.98 Å². The van der Waals surface area contributed by atoms with E-state index in [1.165, 1.54) is 12.1 Å². The predicted octanol–water partition coefficient (Wildman–Crippen LogP) is 4.63. The lowest BCUT2D eigenvalue weighted by Crippen LogP contribution is -2.11. The van der Waals surface area contributed by atoms with Gasteiger partial charge >= 0.3 is 6.18 Å². The van der Waals surface area contributed by atoms with Crippen molar-refractivity contribution in [2.24, 2.45) is 5.16 Å². The number of nitrogens with zero attached hydrogens (tertiary/aromatic N) is 2. The first kappa shape index (κ1) is 15.6. The van der Waals surface area contributed by atoms with E-state index in [4.69, 9.17) is 28.4 Å². The van der Waals surface area contributed by atoms with Gasteiger partial charge in [-0.05, 0) is 18.2 Å². The zero-order valence-electron chi connectivity index (χ0n) is 10.2. The topological polar surface area (TPSA) is 45.5 Å². The molecule has 1 heterocycles. The van der Waals surface area contributed by atoms with Crippen LogP contribution in [0.15, 0.2) is 41.7 Å². The van der Waals surface area contributed by atoms with E-state index in [1.54, 1.807) is 12.1 Å². The maximum Gasteiger partial charge on any atom is 0.417 e. The second-order valence-electron chi connectivity index (χ2n) is 4.01. The van der Waals surface area contributed by atoms with E-state index in [9.17, 15) is 13.2 Å². The van der Waals surface area contributed by atoms with Gasteiger partial charge in [0.25, 0.3) is 0 Å². The van der Waals surface area contributed by atoms with Crippen LogP contribution < -0.4 is 0 Å². The molecule has 0 amide bonds. The van der Waals surface area contributed by atoms with E-state index in [1.807, 2.05) is 0 Å². The third-order valence-corrected chi connectivity index (χ3v) is 3.15. The van der Waals surface area contributed by atoms with Crippen molar-refractivity contribution >= 4 is 28.9 Å². The van der Waals surface area contributed by atoms with Crippen LogP contribution >= 0.6 is 23.2 Å².